The third kappa shape index (κ3) is 5.41. The molecule has 1 saturated heterocycles. The van der Waals surface area contributed by atoms with Gasteiger partial charge < -0.3 is 19.7 Å². The molecule has 2 heterocycles. The molecule has 2 amide bonds. The van der Waals surface area contributed by atoms with E-state index in [2.05, 4.69) is 5.32 Å². The van der Waals surface area contributed by atoms with Gasteiger partial charge in [0.15, 0.2) is 0 Å². The molecule has 1 fully saturated rings. The quantitative estimate of drug-likeness (QED) is 0.787. The largest absolute Gasteiger partial charge is 0.491 e. The minimum absolute atomic E-state index is 0.00550. The van der Waals surface area contributed by atoms with E-state index in [0.717, 1.165) is 24.8 Å². The number of halogens is 1. The SMILES string of the molecule is CC1=C(C(=O)N2CCCC(CCC(=O)NCc3ccccc3Cl)C2)OCCO1. The number of hydrogen-bond acceptors (Lipinski definition) is 4. The number of carbonyl (C=O) groups is 2. The van der Waals surface area contributed by atoms with Crippen molar-refractivity contribution in [3.63, 3.8) is 0 Å². The standard InChI is InChI=1S/C21H27ClN2O4/c1-15-20(28-12-11-27-15)21(26)24-10-4-5-16(14-24)8-9-19(25)23-13-17-6-2-3-7-18(17)22/h2-3,6-7,16H,4-5,8-14H2,1H3,(H,23,25). The summed E-state index contributed by atoms with van der Waals surface area (Å²) in [5, 5.41) is 3.58. The van der Waals surface area contributed by atoms with Crippen LogP contribution in [0.15, 0.2) is 35.8 Å². The van der Waals surface area contributed by atoms with Gasteiger partial charge in [-0.2, -0.15) is 0 Å². The molecular formula is C21H27ClN2O4. The highest BCUT2D eigenvalue weighted by Crippen LogP contribution is 2.24. The highest BCUT2D eigenvalue weighted by Gasteiger charge is 2.29. The van der Waals surface area contributed by atoms with Gasteiger partial charge in [0, 0.05) is 31.1 Å². The van der Waals surface area contributed by atoms with Crippen LogP contribution >= 0.6 is 11.6 Å². The summed E-state index contributed by atoms with van der Waals surface area (Å²) < 4.78 is 10.9. The lowest BCUT2D eigenvalue weighted by molar-refractivity contribution is -0.134. The molecule has 1 atom stereocenters. The Kier molecular flexibility index (Phi) is 7.20. The Bertz CT molecular complexity index is 750. The second kappa shape index (κ2) is 9.82. The number of nitrogens with zero attached hydrogens (tertiary/aromatic N) is 1. The summed E-state index contributed by atoms with van der Waals surface area (Å²) in [6.07, 6.45) is 3.16. The van der Waals surface area contributed by atoms with Gasteiger partial charge in [0.05, 0.1) is 0 Å². The molecule has 0 saturated carbocycles. The maximum absolute atomic E-state index is 12.7. The van der Waals surface area contributed by atoms with Crippen LogP contribution < -0.4 is 5.32 Å². The Balaban J connectivity index is 1.45. The zero-order valence-corrected chi connectivity index (χ0v) is 17.0. The fourth-order valence-corrected chi connectivity index (χ4v) is 3.81. The zero-order chi connectivity index (χ0) is 19.9. The molecule has 1 aromatic rings. The van der Waals surface area contributed by atoms with Crippen LogP contribution in [-0.4, -0.2) is 43.0 Å². The van der Waals surface area contributed by atoms with E-state index >= 15 is 0 Å². The Labute approximate surface area is 170 Å². The van der Waals surface area contributed by atoms with Gasteiger partial charge in [-0.05, 0) is 43.7 Å². The molecule has 0 aromatic heterocycles. The lowest BCUT2D eigenvalue weighted by atomic mass is 9.93. The van der Waals surface area contributed by atoms with Crippen molar-refractivity contribution in [2.24, 2.45) is 5.92 Å². The highest BCUT2D eigenvalue weighted by atomic mass is 35.5. The van der Waals surface area contributed by atoms with Crippen molar-refractivity contribution in [3.05, 3.63) is 46.4 Å². The van der Waals surface area contributed by atoms with E-state index < -0.39 is 0 Å². The first-order chi connectivity index (χ1) is 13.5. The number of ether oxygens (including phenoxy) is 2. The number of benzene rings is 1. The summed E-state index contributed by atoms with van der Waals surface area (Å²) in [6.45, 7) is 4.44. The molecule has 0 bridgehead atoms. The van der Waals surface area contributed by atoms with Crippen LogP contribution in [0.5, 0.6) is 0 Å². The van der Waals surface area contributed by atoms with Crippen molar-refractivity contribution in [3.8, 4) is 0 Å². The van der Waals surface area contributed by atoms with Crippen LogP contribution in [0.4, 0.5) is 0 Å². The average molecular weight is 407 g/mol. The maximum atomic E-state index is 12.7. The predicted octanol–water partition coefficient (Wildman–Crippen LogP) is 3.25. The molecule has 28 heavy (non-hydrogen) atoms. The molecule has 152 valence electrons. The van der Waals surface area contributed by atoms with Gasteiger partial charge in [-0.1, -0.05) is 29.8 Å². The molecule has 1 aromatic carbocycles. The van der Waals surface area contributed by atoms with Gasteiger partial charge >= 0.3 is 0 Å². The van der Waals surface area contributed by atoms with E-state index in [1.807, 2.05) is 29.2 Å². The highest BCUT2D eigenvalue weighted by molar-refractivity contribution is 6.31. The fourth-order valence-electron chi connectivity index (χ4n) is 3.61. The fraction of sp³-hybridized carbons (Fsp3) is 0.524. The van der Waals surface area contributed by atoms with Crippen molar-refractivity contribution in [2.45, 2.75) is 39.2 Å². The number of allylic oxidation sites excluding steroid dienone is 1. The third-order valence-corrected chi connectivity index (χ3v) is 5.55. The van der Waals surface area contributed by atoms with Crippen molar-refractivity contribution in [2.75, 3.05) is 26.3 Å². The van der Waals surface area contributed by atoms with Crippen molar-refractivity contribution in [1.82, 2.24) is 10.2 Å². The third-order valence-electron chi connectivity index (χ3n) is 5.18. The van der Waals surface area contributed by atoms with E-state index in [1.54, 1.807) is 6.92 Å². The Morgan fingerprint density at radius 1 is 1.25 bits per heavy atom. The maximum Gasteiger partial charge on any atom is 0.292 e. The lowest BCUT2D eigenvalue weighted by Crippen LogP contribution is -2.42. The number of nitrogens with one attached hydrogen (secondary N) is 1. The van der Waals surface area contributed by atoms with E-state index in [-0.39, 0.29) is 11.8 Å². The number of carbonyl (C=O) groups excluding carboxylic acids is 2. The van der Waals surface area contributed by atoms with E-state index in [1.165, 1.54) is 0 Å². The number of amides is 2. The van der Waals surface area contributed by atoms with Crippen LogP contribution in [0, 0.1) is 5.92 Å². The van der Waals surface area contributed by atoms with Gasteiger partial charge in [0.25, 0.3) is 5.91 Å². The number of likely N-dealkylation sites (tertiary alicyclic amines) is 1. The van der Waals surface area contributed by atoms with Crippen LogP contribution in [0.1, 0.15) is 38.2 Å². The Hall–Kier alpha value is -2.21. The summed E-state index contributed by atoms with van der Waals surface area (Å²) in [5.41, 5.74) is 0.908. The molecule has 3 rings (SSSR count). The minimum atomic E-state index is -0.106. The molecule has 1 N–H and O–H groups in total. The average Bonchev–Trinajstić information content (AvgIpc) is 2.72. The molecule has 0 aliphatic carbocycles. The van der Waals surface area contributed by atoms with Crippen LogP contribution in [0.2, 0.25) is 5.02 Å². The van der Waals surface area contributed by atoms with E-state index in [4.69, 9.17) is 21.1 Å². The van der Waals surface area contributed by atoms with E-state index in [0.29, 0.717) is 61.7 Å². The number of hydrogen-bond donors (Lipinski definition) is 1. The van der Waals surface area contributed by atoms with Crippen LogP contribution in [-0.2, 0) is 25.6 Å². The van der Waals surface area contributed by atoms with Gasteiger partial charge in [0.2, 0.25) is 11.7 Å². The second-order valence-corrected chi connectivity index (χ2v) is 7.66. The Morgan fingerprint density at radius 2 is 2.04 bits per heavy atom. The normalized spacial score (nSPS) is 19.6. The molecule has 2 aliphatic rings. The topological polar surface area (TPSA) is 67.9 Å². The minimum Gasteiger partial charge on any atom is -0.491 e. The molecular weight excluding hydrogens is 380 g/mol. The summed E-state index contributed by atoms with van der Waals surface area (Å²) >= 11 is 6.11. The van der Waals surface area contributed by atoms with Gasteiger partial charge in [-0.3, -0.25) is 9.59 Å². The summed E-state index contributed by atoms with van der Waals surface area (Å²) in [7, 11) is 0. The number of rotatable bonds is 6. The lowest BCUT2D eigenvalue weighted by Gasteiger charge is -2.34. The molecule has 7 heteroatoms. The van der Waals surface area contributed by atoms with Gasteiger partial charge in [-0.15, -0.1) is 0 Å². The smallest absolute Gasteiger partial charge is 0.292 e. The van der Waals surface area contributed by atoms with E-state index in [9.17, 15) is 9.59 Å². The van der Waals surface area contributed by atoms with Crippen LogP contribution in [0.25, 0.3) is 0 Å². The van der Waals surface area contributed by atoms with Crippen molar-refractivity contribution in [1.29, 1.82) is 0 Å². The first kappa shape index (κ1) is 20.5. The summed E-state index contributed by atoms with van der Waals surface area (Å²) in [5.74, 6) is 1.09. The van der Waals surface area contributed by atoms with Crippen molar-refractivity contribution >= 4 is 23.4 Å². The van der Waals surface area contributed by atoms with Gasteiger partial charge in [0.1, 0.15) is 19.0 Å². The Morgan fingerprint density at radius 3 is 2.82 bits per heavy atom. The molecule has 0 radical (unpaired) electrons. The summed E-state index contributed by atoms with van der Waals surface area (Å²) in [6, 6.07) is 7.49. The van der Waals surface area contributed by atoms with Gasteiger partial charge in [-0.25, -0.2) is 0 Å². The zero-order valence-electron chi connectivity index (χ0n) is 16.2. The number of piperidine rings is 1. The molecule has 1 unspecified atom stereocenters. The predicted molar refractivity (Wildman–Crippen MR) is 106 cm³/mol. The second-order valence-electron chi connectivity index (χ2n) is 7.25. The van der Waals surface area contributed by atoms with Crippen LogP contribution in [0.3, 0.4) is 0 Å². The summed E-state index contributed by atoms with van der Waals surface area (Å²) in [4.78, 5) is 26.7. The first-order valence-corrected chi connectivity index (χ1v) is 10.2. The monoisotopic (exact) mass is 406 g/mol. The first-order valence-electron chi connectivity index (χ1n) is 9.80. The molecule has 2 aliphatic heterocycles. The molecule has 6 nitrogen and oxygen atoms in total. The molecule has 0 spiro atoms. The van der Waals surface area contributed by atoms with Crippen molar-refractivity contribution < 1.29 is 19.1 Å².